The molecule has 1 aromatic heterocycles. The molecule has 0 fully saturated rings. The Hall–Kier alpha value is -2.14. The molecular formula is C18H24N2O3. The summed E-state index contributed by atoms with van der Waals surface area (Å²) in [5.74, 6) is 0.225. The number of aromatic nitrogens is 1. The molecule has 0 aliphatic heterocycles. The fraction of sp³-hybridized carbons (Fsp3) is 0.444. The molecule has 0 bridgehead atoms. The first-order valence-electron chi connectivity index (χ1n) is 8.06. The number of hydrogen-bond acceptors (Lipinski definition) is 4. The highest BCUT2D eigenvalue weighted by molar-refractivity contribution is 5.92. The quantitative estimate of drug-likeness (QED) is 0.784. The number of carbonyl (C=O) groups excluding carboxylic acids is 1. The molecule has 0 aliphatic carbocycles. The smallest absolute Gasteiger partial charge is 0.289 e. The highest BCUT2D eigenvalue weighted by Gasteiger charge is 2.15. The molecule has 1 heterocycles. The van der Waals surface area contributed by atoms with E-state index in [-0.39, 0.29) is 24.2 Å². The van der Waals surface area contributed by atoms with E-state index in [1.807, 2.05) is 31.2 Å². The lowest BCUT2D eigenvalue weighted by molar-refractivity contribution is 0.0906. The van der Waals surface area contributed by atoms with Crippen LogP contribution in [0, 0.1) is 12.8 Å². The topological polar surface area (TPSA) is 75.4 Å². The summed E-state index contributed by atoms with van der Waals surface area (Å²) in [6.07, 6.45) is 2.70. The van der Waals surface area contributed by atoms with E-state index < -0.39 is 0 Å². The molecule has 1 atom stereocenters. The molecule has 0 saturated carbocycles. The summed E-state index contributed by atoms with van der Waals surface area (Å²) >= 11 is 0. The average Bonchev–Trinajstić information content (AvgIpc) is 3.03. The Morgan fingerprint density at radius 2 is 2.04 bits per heavy atom. The van der Waals surface area contributed by atoms with Crippen molar-refractivity contribution in [2.24, 2.45) is 5.92 Å². The first-order valence-corrected chi connectivity index (χ1v) is 8.06. The van der Waals surface area contributed by atoms with Crippen LogP contribution in [0.25, 0.3) is 11.3 Å². The highest BCUT2D eigenvalue weighted by Crippen LogP contribution is 2.19. The number of amides is 1. The summed E-state index contributed by atoms with van der Waals surface area (Å²) in [6, 6.07) is 9.55. The maximum atomic E-state index is 12.1. The fourth-order valence-corrected chi connectivity index (χ4v) is 2.51. The standard InChI is InChI=1S/C18H24N2O3/c1-3-4-14(9-10-21)12-19-18(22)17-11-16(20-23-17)15-7-5-13(2)6-8-15/h5-8,11,14,21H,3-4,9-10,12H2,1-2H3,(H,19,22). The summed E-state index contributed by atoms with van der Waals surface area (Å²) in [4.78, 5) is 12.1. The van der Waals surface area contributed by atoms with Gasteiger partial charge >= 0.3 is 0 Å². The monoisotopic (exact) mass is 316 g/mol. The zero-order valence-electron chi connectivity index (χ0n) is 13.7. The van der Waals surface area contributed by atoms with Crippen LogP contribution in [0.1, 0.15) is 42.3 Å². The van der Waals surface area contributed by atoms with Gasteiger partial charge in [0.1, 0.15) is 5.69 Å². The molecule has 0 saturated heterocycles. The van der Waals surface area contributed by atoms with Crippen molar-refractivity contribution >= 4 is 5.91 Å². The zero-order valence-corrected chi connectivity index (χ0v) is 13.7. The lowest BCUT2D eigenvalue weighted by atomic mass is 10.0. The van der Waals surface area contributed by atoms with Crippen molar-refractivity contribution in [1.82, 2.24) is 10.5 Å². The van der Waals surface area contributed by atoms with Crippen molar-refractivity contribution in [1.29, 1.82) is 0 Å². The molecule has 1 aromatic carbocycles. The van der Waals surface area contributed by atoms with Crippen LogP contribution in [0.5, 0.6) is 0 Å². The van der Waals surface area contributed by atoms with Gasteiger partial charge in [0.15, 0.2) is 0 Å². The number of rotatable bonds is 8. The van der Waals surface area contributed by atoms with Gasteiger partial charge in [-0.3, -0.25) is 4.79 Å². The summed E-state index contributed by atoms with van der Waals surface area (Å²) < 4.78 is 5.15. The molecule has 124 valence electrons. The van der Waals surface area contributed by atoms with Gasteiger partial charge in [-0.25, -0.2) is 0 Å². The molecule has 5 heteroatoms. The maximum Gasteiger partial charge on any atom is 0.289 e. The Labute approximate surface area is 136 Å². The normalized spacial score (nSPS) is 12.1. The van der Waals surface area contributed by atoms with E-state index in [1.54, 1.807) is 6.07 Å². The van der Waals surface area contributed by atoms with E-state index in [0.717, 1.165) is 18.4 Å². The first kappa shape index (κ1) is 17.2. The van der Waals surface area contributed by atoms with Gasteiger partial charge in [-0.05, 0) is 25.7 Å². The van der Waals surface area contributed by atoms with E-state index in [2.05, 4.69) is 17.4 Å². The van der Waals surface area contributed by atoms with E-state index in [9.17, 15) is 4.79 Å². The van der Waals surface area contributed by atoms with Gasteiger partial charge < -0.3 is 14.9 Å². The second-order valence-electron chi connectivity index (χ2n) is 5.82. The molecule has 5 nitrogen and oxygen atoms in total. The Morgan fingerprint density at radius 3 is 2.70 bits per heavy atom. The third-order valence-electron chi connectivity index (χ3n) is 3.87. The van der Waals surface area contributed by atoms with Gasteiger partial charge in [-0.15, -0.1) is 0 Å². The van der Waals surface area contributed by atoms with Crippen LogP contribution in [0.4, 0.5) is 0 Å². The first-order chi connectivity index (χ1) is 11.1. The zero-order chi connectivity index (χ0) is 16.7. The van der Waals surface area contributed by atoms with E-state index in [0.29, 0.717) is 18.7 Å². The Morgan fingerprint density at radius 1 is 1.30 bits per heavy atom. The Kier molecular flexibility index (Phi) is 6.35. The molecule has 0 aliphatic rings. The predicted octanol–water partition coefficient (Wildman–Crippen LogP) is 3.18. The van der Waals surface area contributed by atoms with Crippen LogP contribution in [0.3, 0.4) is 0 Å². The van der Waals surface area contributed by atoms with Crippen molar-refractivity contribution in [3.63, 3.8) is 0 Å². The van der Waals surface area contributed by atoms with Crippen LogP contribution < -0.4 is 5.32 Å². The van der Waals surface area contributed by atoms with Crippen LogP contribution >= 0.6 is 0 Å². The molecule has 1 amide bonds. The van der Waals surface area contributed by atoms with Gasteiger partial charge in [-0.2, -0.15) is 0 Å². The second-order valence-corrected chi connectivity index (χ2v) is 5.82. The minimum atomic E-state index is -0.269. The van der Waals surface area contributed by atoms with Crippen molar-refractivity contribution in [3.8, 4) is 11.3 Å². The number of hydrogen-bond donors (Lipinski definition) is 2. The Bertz CT molecular complexity index is 613. The van der Waals surface area contributed by atoms with E-state index in [1.165, 1.54) is 5.56 Å². The van der Waals surface area contributed by atoms with Gasteiger partial charge in [0.05, 0.1) is 0 Å². The molecule has 2 rings (SSSR count). The van der Waals surface area contributed by atoms with Crippen molar-refractivity contribution < 1.29 is 14.4 Å². The summed E-state index contributed by atoms with van der Waals surface area (Å²) in [5, 5.41) is 15.9. The fourth-order valence-electron chi connectivity index (χ4n) is 2.51. The third-order valence-corrected chi connectivity index (χ3v) is 3.87. The van der Waals surface area contributed by atoms with Gasteiger partial charge in [0, 0.05) is 24.8 Å². The number of aliphatic hydroxyl groups excluding tert-OH is 1. The van der Waals surface area contributed by atoms with Crippen molar-refractivity contribution in [2.45, 2.75) is 33.1 Å². The van der Waals surface area contributed by atoms with Gasteiger partial charge in [0.25, 0.3) is 5.91 Å². The van der Waals surface area contributed by atoms with Crippen molar-refractivity contribution in [3.05, 3.63) is 41.7 Å². The number of benzene rings is 1. The van der Waals surface area contributed by atoms with Gasteiger partial charge in [-0.1, -0.05) is 48.3 Å². The van der Waals surface area contributed by atoms with Crippen LogP contribution in [0.2, 0.25) is 0 Å². The molecule has 23 heavy (non-hydrogen) atoms. The SMILES string of the molecule is CCCC(CCO)CNC(=O)c1cc(-c2ccc(C)cc2)no1. The van der Waals surface area contributed by atoms with Crippen LogP contribution in [-0.2, 0) is 0 Å². The minimum Gasteiger partial charge on any atom is -0.396 e. The highest BCUT2D eigenvalue weighted by atomic mass is 16.5. The van der Waals surface area contributed by atoms with Gasteiger partial charge in [0.2, 0.25) is 5.76 Å². The maximum absolute atomic E-state index is 12.1. The molecule has 1 unspecified atom stereocenters. The number of aryl methyl sites for hydroxylation is 1. The van der Waals surface area contributed by atoms with E-state index in [4.69, 9.17) is 9.63 Å². The third kappa shape index (κ3) is 4.93. The summed E-state index contributed by atoms with van der Waals surface area (Å²) in [5.41, 5.74) is 2.74. The van der Waals surface area contributed by atoms with Crippen LogP contribution in [-0.4, -0.2) is 29.3 Å². The van der Waals surface area contributed by atoms with Crippen LogP contribution in [0.15, 0.2) is 34.9 Å². The summed E-state index contributed by atoms with van der Waals surface area (Å²) in [6.45, 7) is 4.79. The van der Waals surface area contributed by atoms with Crippen molar-refractivity contribution in [2.75, 3.05) is 13.2 Å². The number of carbonyl (C=O) groups is 1. The molecule has 0 spiro atoms. The summed E-state index contributed by atoms with van der Waals surface area (Å²) in [7, 11) is 0. The lowest BCUT2D eigenvalue weighted by Crippen LogP contribution is -2.29. The van der Waals surface area contributed by atoms with E-state index >= 15 is 0 Å². The molecule has 0 radical (unpaired) electrons. The molecular weight excluding hydrogens is 292 g/mol. The molecule has 2 aromatic rings. The number of aliphatic hydroxyl groups is 1. The predicted molar refractivity (Wildman–Crippen MR) is 89.1 cm³/mol. The second kappa shape index (κ2) is 8.48. The lowest BCUT2D eigenvalue weighted by Gasteiger charge is -2.14. The minimum absolute atomic E-state index is 0.139. The number of nitrogens with zero attached hydrogens (tertiary/aromatic N) is 1. The molecule has 2 N–H and O–H groups in total. The Balaban J connectivity index is 1.96. The average molecular weight is 316 g/mol. The number of nitrogens with one attached hydrogen (secondary N) is 1. The largest absolute Gasteiger partial charge is 0.396 e.